The summed E-state index contributed by atoms with van der Waals surface area (Å²) < 4.78 is 0. The molecule has 0 aliphatic carbocycles. The van der Waals surface area contributed by atoms with E-state index in [1.54, 1.807) is 19.1 Å². The van der Waals surface area contributed by atoms with Gasteiger partial charge in [0.1, 0.15) is 5.02 Å². The lowest BCUT2D eigenvalue weighted by Crippen LogP contribution is -2.30. The fourth-order valence-electron chi connectivity index (χ4n) is 2.88. The zero-order valence-corrected chi connectivity index (χ0v) is 13.5. The minimum Gasteiger partial charge on any atom is -0.343 e. The Balaban J connectivity index is 1.90. The van der Waals surface area contributed by atoms with Crippen molar-refractivity contribution in [2.24, 2.45) is 5.92 Å². The summed E-state index contributed by atoms with van der Waals surface area (Å²) in [5.74, 6) is 0.606. The average molecular weight is 326 g/mol. The van der Waals surface area contributed by atoms with Crippen LogP contribution in [0.3, 0.4) is 0 Å². The third-order valence-corrected chi connectivity index (χ3v) is 4.27. The van der Waals surface area contributed by atoms with E-state index < -0.39 is 4.92 Å². The molecule has 0 N–H and O–H groups in total. The zero-order chi connectivity index (χ0) is 16.3. The van der Waals surface area contributed by atoms with Gasteiger partial charge in [-0.3, -0.25) is 14.9 Å². The van der Waals surface area contributed by atoms with E-state index in [0.717, 1.165) is 31.6 Å². The van der Waals surface area contributed by atoms with E-state index in [9.17, 15) is 14.9 Å². The monoisotopic (exact) mass is 325 g/mol. The molecule has 1 aromatic rings. The fourth-order valence-corrected chi connectivity index (χ4v) is 3.15. The lowest BCUT2D eigenvalue weighted by molar-refractivity contribution is -0.384. The van der Waals surface area contributed by atoms with Crippen LogP contribution in [0.2, 0.25) is 5.02 Å². The summed E-state index contributed by atoms with van der Waals surface area (Å²) in [6.07, 6.45) is 1.02. The van der Waals surface area contributed by atoms with Crippen molar-refractivity contribution in [1.29, 1.82) is 0 Å². The molecule has 22 heavy (non-hydrogen) atoms. The molecule has 1 atom stereocenters. The number of hydrogen-bond donors (Lipinski definition) is 0. The first-order valence-electron chi connectivity index (χ1n) is 7.23. The van der Waals surface area contributed by atoms with Gasteiger partial charge in [0.2, 0.25) is 5.91 Å². The number of amides is 1. The summed E-state index contributed by atoms with van der Waals surface area (Å²) in [5, 5.41) is 10.9. The number of carbonyl (C=O) groups excluding carboxylic acids is 1. The second-order valence-electron chi connectivity index (χ2n) is 5.86. The SMILES string of the molecule is CC(=O)N1CC[C@H](CN(C)Cc2ccc([N+](=O)[O-])c(Cl)c2)C1. The Hall–Kier alpha value is -1.66. The molecule has 1 aromatic carbocycles. The first kappa shape index (κ1) is 16.7. The lowest BCUT2D eigenvalue weighted by Gasteiger charge is -2.21. The van der Waals surface area contributed by atoms with Gasteiger partial charge >= 0.3 is 0 Å². The molecule has 1 aliphatic heterocycles. The van der Waals surface area contributed by atoms with Gasteiger partial charge in [-0.25, -0.2) is 0 Å². The minimum atomic E-state index is -0.481. The molecule has 120 valence electrons. The summed E-state index contributed by atoms with van der Waals surface area (Å²) in [7, 11) is 2.01. The maximum absolute atomic E-state index is 11.3. The third kappa shape index (κ3) is 4.18. The first-order valence-corrected chi connectivity index (χ1v) is 7.61. The van der Waals surface area contributed by atoms with Crippen molar-refractivity contribution >= 4 is 23.2 Å². The quantitative estimate of drug-likeness (QED) is 0.616. The van der Waals surface area contributed by atoms with Crippen molar-refractivity contribution in [2.45, 2.75) is 19.9 Å². The van der Waals surface area contributed by atoms with Gasteiger partial charge in [0.25, 0.3) is 5.69 Å². The molecule has 1 heterocycles. The highest BCUT2D eigenvalue weighted by molar-refractivity contribution is 6.32. The Morgan fingerprint density at radius 1 is 1.55 bits per heavy atom. The Morgan fingerprint density at radius 2 is 2.27 bits per heavy atom. The average Bonchev–Trinajstić information content (AvgIpc) is 2.86. The van der Waals surface area contributed by atoms with Crippen molar-refractivity contribution in [1.82, 2.24) is 9.80 Å². The molecule has 0 aromatic heterocycles. The van der Waals surface area contributed by atoms with Gasteiger partial charge in [-0.2, -0.15) is 0 Å². The maximum Gasteiger partial charge on any atom is 0.287 e. The topological polar surface area (TPSA) is 66.7 Å². The predicted octanol–water partition coefficient (Wildman–Crippen LogP) is 2.55. The van der Waals surface area contributed by atoms with Crippen LogP contribution >= 0.6 is 11.6 Å². The van der Waals surface area contributed by atoms with E-state index in [1.807, 2.05) is 11.9 Å². The molecule has 6 nitrogen and oxygen atoms in total. The first-order chi connectivity index (χ1) is 10.4. The number of carbonyl (C=O) groups is 1. The fraction of sp³-hybridized carbons (Fsp3) is 0.533. The van der Waals surface area contributed by atoms with Crippen molar-refractivity contribution in [3.8, 4) is 0 Å². The molecular formula is C15H20ClN3O3. The molecular weight excluding hydrogens is 306 g/mol. The number of hydrogen-bond acceptors (Lipinski definition) is 4. The third-order valence-electron chi connectivity index (χ3n) is 3.96. The zero-order valence-electron chi connectivity index (χ0n) is 12.8. The Bertz CT molecular complexity index is 579. The summed E-state index contributed by atoms with van der Waals surface area (Å²) in [6.45, 7) is 4.80. The number of nitro benzene ring substituents is 1. The minimum absolute atomic E-state index is 0.0686. The van der Waals surface area contributed by atoms with Crippen LogP contribution in [-0.4, -0.2) is 47.3 Å². The second kappa shape index (κ2) is 7.07. The van der Waals surface area contributed by atoms with E-state index in [2.05, 4.69) is 4.90 Å². The summed E-state index contributed by atoms with van der Waals surface area (Å²) in [5.41, 5.74) is 0.875. The molecule has 1 aliphatic rings. The number of nitrogens with zero attached hydrogens (tertiary/aromatic N) is 3. The number of rotatable bonds is 5. The summed E-state index contributed by atoms with van der Waals surface area (Å²) in [6, 6.07) is 4.82. The van der Waals surface area contributed by atoms with Crippen LogP contribution in [0.25, 0.3) is 0 Å². The van der Waals surface area contributed by atoms with Crippen LogP contribution in [-0.2, 0) is 11.3 Å². The van der Waals surface area contributed by atoms with Gasteiger partial charge in [-0.05, 0) is 31.0 Å². The molecule has 0 unspecified atom stereocenters. The summed E-state index contributed by atoms with van der Waals surface area (Å²) in [4.78, 5) is 25.6. The van der Waals surface area contributed by atoms with Crippen LogP contribution in [0.4, 0.5) is 5.69 Å². The molecule has 0 bridgehead atoms. The van der Waals surface area contributed by atoms with E-state index in [1.165, 1.54) is 6.07 Å². The number of nitro groups is 1. The molecule has 1 amide bonds. The normalized spacial score (nSPS) is 18.0. The molecule has 1 fully saturated rings. The van der Waals surface area contributed by atoms with Crippen LogP contribution in [0.1, 0.15) is 18.9 Å². The second-order valence-corrected chi connectivity index (χ2v) is 6.27. The van der Waals surface area contributed by atoms with Crippen molar-refractivity contribution in [3.05, 3.63) is 38.9 Å². The lowest BCUT2D eigenvalue weighted by atomic mass is 10.1. The van der Waals surface area contributed by atoms with Crippen LogP contribution in [0.15, 0.2) is 18.2 Å². The van der Waals surface area contributed by atoms with Crippen molar-refractivity contribution in [3.63, 3.8) is 0 Å². The van der Waals surface area contributed by atoms with Gasteiger partial charge in [-0.15, -0.1) is 0 Å². The molecule has 0 spiro atoms. The summed E-state index contributed by atoms with van der Waals surface area (Å²) >= 11 is 5.93. The van der Waals surface area contributed by atoms with Crippen molar-refractivity contribution in [2.75, 3.05) is 26.7 Å². The van der Waals surface area contributed by atoms with E-state index >= 15 is 0 Å². The highest BCUT2D eigenvalue weighted by atomic mass is 35.5. The highest BCUT2D eigenvalue weighted by Crippen LogP contribution is 2.26. The predicted molar refractivity (Wildman–Crippen MR) is 84.8 cm³/mol. The van der Waals surface area contributed by atoms with Crippen molar-refractivity contribution < 1.29 is 9.72 Å². The highest BCUT2D eigenvalue weighted by Gasteiger charge is 2.25. The maximum atomic E-state index is 11.3. The molecule has 1 saturated heterocycles. The van der Waals surface area contributed by atoms with E-state index in [0.29, 0.717) is 12.5 Å². The molecule has 7 heteroatoms. The van der Waals surface area contributed by atoms with Gasteiger partial charge in [0.15, 0.2) is 0 Å². The number of halogens is 1. The molecule has 0 saturated carbocycles. The van der Waals surface area contributed by atoms with Gasteiger partial charge in [0.05, 0.1) is 4.92 Å². The largest absolute Gasteiger partial charge is 0.343 e. The Labute approximate surface area is 134 Å². The Kier molecular flexibility index (Phi) is 5.37. The number of likely N-dealkylation sites (tertiary alicyclic amines) is 1. The van der Waals surface area contributed by atoms with Gasteiger partial charge < -0.3 is 9.80 Å². The molecule has 2 rings (SSSR count). The van der Waals surface area contributed by atoms with E-state index in [4.69, 9.17) is 11.6 Å². The molecule has 0 radical (unpaired) electrons. The van der Waals surface area contributed by atoms with Crippen LogP contribution in [0.5, 0.6) is 0 Å². The number of benzene rings is 1. The Morgan fingerprint density at radius 3 is 2.82 bits per heavy atom. The standard InChI is InChI=1S/C15H20ClN3O3/c1-11(20)18-6-5-13(10-18)9-17(2)8-12-3-4-15(19(21)22)14(16)7-12/h3-4,7,13H,5-6,8-10H2,1-2H3/t13-/m1/s1. The van der Waals surface area contributed by atoms with Gasteiger partial charge in [0, 0.05) is 39.2 Å². The van der Waals surface area contributed by atoms with E-state index in [-0.39, 0.29) is 16.6 Å². The van der Waals surface area contributed by atoms with Crippen LogP contribution < -0.4 is 0 Å². The van der Waals surface area contributed by atoms with Gasteiger partial charge in [-0.1, -0.05) is 17.7 Å². The van der Waals surface area contributed by atoms with Crippen LogP contribution in [0, 0.1) is 16.0 Å². The smallest absolute Gasteiger partial charge is 0.287 e.